The molecule has 6 nitrogen and oxygen atoms in total. The molecule has 7 heteroatoms. The Bertz CT molecular complexity index is 593. The van der Waals surface area contributed by atoms with Gasteiger partial charge in [0, 0.05) is 25.6 Å². The normalized spacial score (nSPS) is 25.2. The quantitative estimate of drug-likeness (QED) is 0.672. The van der Waals surface area contributed by atoms with E-state index in [0.29, 0.717) is 31.1 Å². The van der Waals surface area contributed by atoms with Crippen molar-refractivity contribution < 1.29 is 9.72 Å². The second-order valence-corrected chi connectivity index (χ2v) is 5.98. The van der Waals surface area contributed by atoms with Crippen molar-refractivity contribution in [3.8, 4) is 0 Å². The lowest BCUT2D eigenvalue weighted by Crippen LogP contribution is -2.54. The van der Waals surface area contributed by atoms with E-state index in [0.717, 1.165) is 12.8 Å². The van der Waals surface area contributed by atoms with E-state index >= 15 is 0 Å². The number of rotatable bonds is 2. The van der Waals surface area contributed by atoms with Gasteiger partial charge in [-0.15, -0.1) is 0 Å². The van der Waals surface area contributed by atoms with Gasteiger partial charge in [0.05, 0.1) is 4.92 Å². The van der Waals surface area contributed by atoms with E-state index in [4.69, 9.17) is 11.6 Å². The summed E-state index contributed by atoms with van der Waals surface area (Å²) in [5.41, 5.74) is 0.542. The van der Waals surface area contributed by atoms with Gasteiger partial charge in [0.1, 0.15) is 10.7 Å². The number of carbonyl (C=O) groups is 1. The number of nitro benzene ring substituents is 1. The van der Waals surface area contributed by atoms with Crippen molar-refractivity contribution in [1.82, 2.24) is 5.32 Å². The van der Waals surface area contributed by atoms with Crippen LogP contribution < -0.4 is 10.2 Å². The number of anilines is 1. The van der Waals surface area contributed by atoms with Gasteiger partial charge in [-0.2, -0.15) is 0 Å². The summed E-state index contributed by atoms with van der Waals surface area (Å²) in [4.78, 5) is 24.3. The third-order valence-electron chi connectivity index (χ3n) is 4.31. The fraction of sp³-hybridized carbons (Fsp3) is 0.500. The largest absolute Gasteiger partial charge is 0.366 e. The smallest absolute Gasteiger partial charge is 0.310 e. The van der Waals surface area contributed by atoms with Crippen LogP contribution in [0, 0.1) is 16.0 Å². The van der Waals surface area contributed by atoms with Crippen molar-refractivity contribution in [1.29, 1.82) is 0 Å². The Morgan fingerprint density at radius 2 is 2.19 bits per heavy atom. The molecule has 0 bridgehead atoms. The molecule has 2 unspecified atom stereocenters. The van der Waals surface area contributed by atoms with Crippen molar-refractivity contribution in [3.63, 3.8) is 0 Å². The summed E-state index contributed by atoms with van der Waals surface area (Å²) in [5, 5.41) is 14.4. The second kappa shape index (κ2) is 5.52. The molecule has 1 N–H and O–H groups in total. The zero-order valence-corrected chi connectivity index (χ0v) is 12.2. The minimum atomic E-state index is -0.424. The summed E-state index contributed by atoms with van der Waals surface area (Å²) in [6.07, 6.45) is 2.17. The SMILES string of the molecule is O=C1CCC2CN(c3cccc(Cl)c3[N+](=O)[O-])CCC2N1. The predicted molar refractivity (Wildman–Crippen MR) is 79.6 cm³/mol. The molecule has 21 heavy (non-hydrogen) atoms. The molecule has 1 aromatic carbocycles. The molecule has 2 aliphatic heterocycles. The van der Waals surface area contributed by atoms with Crippen LogP contribution >= 0.6 is 11.6 Å². The lowest BCUT2D eigenvalue weighted by atomic mass is 9.85. The first-order valence-corrected chi connectivity index (χ1v) is 7.41. The van der Waals surface area contributed by atoms with Gasteiger partial charge in [-0.25, -0.2) is 0 Å². The van der Waals surface area contributed by atoms with Gasteiger partial charge in [-0.3, -0.25) is 14.9 Å². The first-order chi connectivity index (χ1) is 10.1. The Morgan fingerprint density at radius 1 is 1.38 bits per heavy atom. The van der Waals surface area contributed by atoms with E-state index < -0.39 is 4.92 Å². The highest BCUT2D eigenvalue weighted by molar-refractivity contribution is 6.33. The molecule has 1 amide bonds. The average Bonchev–Trinajstić information content (AvgIpc) is 2.46. The molecule has 2 saturated heterocycles. The molecule has 0 saturated carbocycles. The van der Waals surface area contributed by atoms with Crippen LogP contribution in [0.5, 0.6) is 0 Å². The summed E-state index contributed by atoms with van der Waals surface area (Å²) in [7, 11) is 0. The first-order valence-electron chi connectivity index (χ1n) is 7.03. The number of benzene rings is 1. The highest BCUT2D eigenvalue weighted by Crippen LogP contribution is 2.37. The fourth-order valence-electron chi connectivity index (χ4n) is 3.27. The van der Waals surface area contributed by atoms with Crippen molar-refractivity contribution in [3.05, 3.63) is 33.3 Å². The van der Waals surface area contributed by atoms with E-state index in [9.17, 15) is 14.9 Å². The number of para-hydroxylation sites is 1. The Morgan fingerprint density at radius 3 is 2.95 bits per heavy atom. The van der Waals surface area contributed by atoms with Gasteiger partial charge in [0.15, 0.2) is 0 Å². The Hall–Kier alpha value is -1.82. The van der Waals surface area contributed by atoms with E-state index in [-0.39, 0.29) is 22.7 Å². The van der Waals surface area contributed by atoms with Crippen LogP contribution in [-0.2, 0) is 4.79 Å². The fourth-order valence-corrected chi connectivity index (χ4v) is 3.51. The molecule has 0 radical (unpaired) electrons. The predicted octanol–water partition coefficient (Wildman–Crippen LogP) is 2.35. The molecule has 0 aliphatic carbocycles. The van der Waals surface area contributed by atoms with Crippen LogP contribution in [-0.4, -0.2) is 30.0 Å². The molecule has 1 aromatic rings. The summed E-state index contributed by atoms with van der Waals surface area (Å²) in [5.74, 6) is 0.452. The maximum Gasteiger partial charge on any atom is 0.310 e. The number of halogens is 1. The summed E-state index contributed by atoms with van der Waals surface area (Å²) in [6, 6.07) is 5.21. The number of nitro groups is 1. The summed E-state index contributed by atoms with van der Waals surface area (Å²) in [6.45, 7) is 1.40. The number of nitrogens with one attached hydrogen (secondary N) is 1. The van der Waals surface area contributed by atoms with E-state index in [2.05, 4.69) is 5.32 Å². The Labute approximate surface area is 127 Å². The minimum Gasteiger partial charge on any atom is -0.366 e. The summed E-state index contributed by atoms with van der Waals surface area (Å²) < 4.78 is 0. The Balaban J connectivity index is 1.85. The molecule has 112 valence electrons. The summed E-state index contributed by atoms with van der Waals surface area (Å²) >= 11 is 5.97. The van der Waals surface area contributed by atoms with Crippen LogP contribution in [0.3, 0.4) is 0 Å². The number of amides is 1. The highest BCUT2D eigenvalue weighted by atomic mass is 35.5. The van der Waals surface area contributed by atoms with Gasteiger partial charge < -0.3 is 10.2 Å². The van der Waals surface area contributed by atoms with Crippen LogP contribution in [0.2, 0.25) is 5.02 Å². The van der Waals surface area contributed by atoms with E-state index in [1.807, 2.05) is 4.90 Å². The van der Waals surface area contributed by atoms with Crippen LogP contribution in [0.1, 0.15) is 19.3 Å². The van der Waals surface area contributed by atoms with Gasteiger partial charge >= 0.3 is 5.69 Å². The topological polar surface area (TPSA) is 75.5 Å². The van der Waals surface area contributed by atoms with Gasteiger partial charge in [-0.05, 0) is 30.9 Å². The molecule has 0 aromatic heterocycles. The van der Waals surface area contributed by atoms with Crippen LogP contribution in [0.15, 0.2) is 18.2 Å². The number of hydrogen-bond acceptors (Lipinski definition) is 4. The molecule has 2 heterocycles. The Kier molecular flexibility index (Phi) is 3.71. The molecular formula is C14H16ClN3O3. The number of carbonyl (C=O) groups excluding carboxylic acids is 1. The minimum absolute atomic E-state index is 0.0301. The van der Waals surface area contributed by atoms with Gasteiger partial charge in [-0.1, -0.05) is 17.7 Å². The molecule has 0 spiro atoms. The standard InChI is InChI=1S/C14H16ClN3O3/c15-10-2-1-3-12(14(10)18(20)21)17-7-6-11-9(8-17)4-5-13(19)16-11/h1-3,9,11H,4-8H2,(H,16,19). The maximum atomic E-state index is 11.4. The molecule has 2 aliphatic rings. The molecule has 3 rings (SSSR count). The molecule has 2 atom stereocenters. The van der Waals surface area contributed by atoms with Crippen molar-refractivity contribution in [2.75, 3.05) is 18.0 Å². The van der Waals surface area contributed by atoms with E-state index in [1.165, 1.54) is 6.07 Å². The van der Waals surface area contributed by atoms with E-state index in [1.54, 1.807) is 12.1 Å². The zero-order chi connectivity index (χ0) is 15.0. The van der Waals surface area contributed by atoms with Crippen molar-refractivity contribution in [2.45, 2.75) is 25.3 Å². The number of hydrogen-bond donors (Lipinski definition) is 1. The van der Waals surface area contributed by atoms with Crippen LogP contribution in [0.4, 0.5) is 11.4 Å². The third-order valence-corrected chi connectivity index (χ3v) is 4.62. The zero-order valence-electron chi connectivity index (χ0n) is 11.4. The average molecular weight is 310 g/mol. The molecular weight excluding hydrogens is 294 g/mol. The lowest BCUT2D eigenvalue weighted by molar-refractivity contribution is -0.384. The maximum absolute atomic E-state index is 11.4. The monoisotopic (exact) mass is 309 g/mol. The van der Waals surface area contributed by atoms with Gasteiger partial charge in [0.2, 0.25) is 5.91 Å². The van der Waals surface area contributed by atoms with Crippen molar-refractivity contribution >= 4 is 28.9 Å². The van der Waals surface area contributed by atoms with Crippen LogP contribution in [0.25, 0.3) is 0 Å². The lowest BCUT2D eigenvalue weighted by Gasteiger charge is -2.42. The van der Waals surface area contributed by atoms with Gasteiger partial charge in [0.25, 0.3) is 0 Å². The number of fused-ring (bicyclic) bond motifs is 1. The third kappa shape index (κ3) is 2.68. The first kappa shape index (κ1) is 14.1. The van der Waals surface area contributed by atoms with Crippen molar-refractivity contribution in [2.24, 2.45) is 5.92 Å². The number of piperidine rings is 2. The second-order valence-electron chi connectivity index (χ2n) is 5.57. The molecule has 2 fully saturated rings. The number of nitrogens with zero attached hydrogens (tertiary/aromatic N) is 2. The highest BCUT2D eigenvalue weighted by Gasteiger charge is 2.35.